The van der Waals surface area contributed by atoms with E-state index in [1.54, 1.807) is 0 Å². The van der Waals surface area contributed by atoms with Crippen molar-refractivity contribution in [2.45, 2.75) is 12.5 Å². The first kappa shape index (κ1) is 7.61. The van der Waals surface area contributed by atoms with Crippen molar-refractivity contribution in [1.29, 1.82) is 0 Å². The van der Waals surface area contributed by atoms with E-state index in [1.165, 1.54) is 0 Å². The van der Waals surface area contributed by atoms with Gasteiger partial charge in [-0.25, -0.2) is 0 Å². The summed E-state index contributed by atoms with van der Waals surface area (Å²) in [6, 6.07) is 2.35. The zero-order valence-electron chi connectivity index (χ0n) is 7.27. The van der Waals surface area contributed by atoms with Crippen molar-refractivity contribution in [1.82, 2.24) is 9.78 Å². The van der Waals surface area contributed by atoms with Gasteiger partial charge in [-0.1, -0.05) is 0 Å². The Labute approximate surface area is 72.0 Å². The number of hydrogen-bond acceptors (Lipinski definition) is 3. The molecule has 2 rings (SSSR count). The van der Waals surface area contributed by atoms with Crippen LogP contribution in [0.2, 0.25) is 0 Å². The van der Waals surface area contributed by atoms with Crippen LogP contribution in [0.4, 0.5) is 5.82 Å². The topological polar surface area (TPSA) is 47.1 Å². The Morgan fingerprint density at radius 1 is 1.67 bits per heavy atom. The molecule has 0 radical (unpaired) electrons. The van der Waals surface area contributed by atoms with Crippen LogP contribution in [0.25, 0.3) is 0 Å². The van der Waals surface area contributed by atoms with Crippen LogP contribution in [-0.2, 0) is 7.05 Å². The van der Waals surface area contributed by atoms with Crippen molar-refractivity contribution in [3.63, 3.8) is 0 Å². The SMILES string of the molecule is Cn1ccc(N2CC[C@@H](N)C2)n1. The number of hydrogen-bond donors (Lipinski definition) is 1. The minimum atomic E-state index is 0.326. The summed E-state index contributed by atoms with van der Waals surface area (Å²) in [6.45, 7) is 1.98. The summed E-state index contributed by atoms with van der Waals surface area (Å²) in [7, 11) is 1.93. The molecule has 1 aromatic rings. The summed E-state index contributed by atoms with van der Waals surface area (Å²) >= 11 is 0. The van der Waals surface area contributed by atoms with E-state index in [-0.39, 0.29) is 0 Å². The van der Waals surface area contributed by atoms with E-state index in [4.69, 9.17) is 5.73 Å². The van der Waals surface area contributed by atoms with Gasteiger partial charge in [0.15, 0.2) is 5.82 Å². The summed E-state index contributed by atoms with van der Waals surface area (Å²) in [4.78, 5) is 2.23. The molecule has 1 saturated heterocycles. The third-order valence-corrected chi connectivity index (χ3v) is 2.25. The van der Waals surface area contributed by atoms with E-state index in [2.05, 4.69) is 10.00 Å². The zero-order valence-corrected chi connectivity index (χ0v) is 7.27. The minimum Gasteiger partial charge on any atom is -0.354 e. The van der Waals surface area contributed by atoms with Gasteiger partial charge in [-0.3, -0.25) is 4.68 Å². The van der Waals surface area contributed by atoms with Crippen LogP contribution in [0.15, 0.2) is 12.3 Å². The maximum absolute atomic E-state index is 5.79. The molecule has 12 heavy (non-hydrogen) atoms. The molecule has 2 heterocycles. The normalized spacial score (nSPS) is 23.5. The predicted octanol–water partition coefficient (Wildman–Crippen LogP) is -0.0425. The highest BCUT2D eigenvalue weighted by Gasteiger charge is 2.20. The molecule has 0 saturated carbocycles. The number of aromatic nitrogens is 2. The number of nitrogens with zero attached hydrogens (tertiary/aromatic N) is 3. The predicted molar refractivity (Wildman–Crippen MR) is 48.0 cm³/mol. The molecule has 1 aliphatic rings. The lowest BCUT2D eigenvalue weighted by Gasteiger charge is -2.13. The second kappa shape index (κ2) is 2.79. The van der Waals surface area contributed by atoms with Crippen LogP contribution >= 0.6 is 0 Å². The van der Waals surface area contributed by atoms with Crippen molar-refractivity contribution < 1.29 is 0 Å². The second-order valence-electron chi connectivity index (χ2n) is 3.34. The van der Waals surface area contributed by atoms with Gasteiger partial charge in [-0.2, -0.15) is 5.10 Å². The number of nitrogens with two attached hydrogens (primary N) is 1. The first-order chi connectivity index (χ1) is 5.75. The summed E-state index contributed by atoms with van der Waals surface area (Å²) < 4.78 is 1.82. The Balaban J connectivity index is 2.11. The van der Waals surface area contributed by atoms with Gasteiger partial charge in [0.05, 0.1) is 0 Å². The lowest BCUT2D eigenvalue weighted by atomic mass is 10.3. The number of rotatable bonds is 1. The van der Waals surface area contributed by atoms with E-state index >= 15 is 0 Å². The first-order valence-electron chi connectivity index (χ1n) is 4.26. The second-order valence-corrected chi connectivity index (χ2v) is 3.34. The summed E-state index contributed by atoms with van der Waals surface area (Å²) in [5.74, 6) is 1.05. The smallest absolute Gasteiger partial charge is 0.150 e. The monoisotopic (exact) mass is 166 g/mol. The molecule has 1 aliphatic heterocycles. The summed E-state index contributed by atoms with van der Waals surface area (Å²) in [5, 5.41) is 4.31. The van der Waals surface area contributed by atoms with Crippen molar-refractivity contribution >= 4 is 5.82 Å². The van der Waals surface area contributed by atoms with E-state index in [0.29, 0.717) is 6.04 Å². The van der Waals surface area contributed by atoms with Crippen molar-refractivity contribution in [2.24, 2.45) is 12.8 Å². The van der Waals surface area contributed by atoms with Gasteiger partial charge in [-0.15, -0.1) is 0 Å². The standard InChI is InChI=1S/C8H14N4/c1-11-4-3-8(10-11)12-5-2-7(9)6-12/h3-4,7H,2,5-6,9H2,1H3/t7-/m1/s1. The molecule has 1 atom stereocenters. The highest BCUT2D eigenvalue weighted by Crippen LogP contribution is 2.16. The van der Waals surface area contributed by atoms with Gasteiger partial charge in [0.1, 0.15) is 0 Å². The van der Waals surface area contributed by atoms with E-state index in [1.807, 2.05) is 24.0 Å². The molecule has 1 fully saturated rings. The van der Waals surface area contributed by atoms with Crippen molar-refractivity contribution in [2.75, 3.05) is 18.0 Å². The maximum atomic E-state index is 5.79. The van der Waals surface area contributed by atoms with Gasteiger partial charge < -0.3 is 10.6 Å². The fourth-order valence-corrected chi connectivity index (χ4v) is 1.57. The Kier molecular flexibility index (Phi) is 1.77. The quantitative estimate of drug-likeness (QED) is 0.636. The van der Waals surface area contributed by atoms with E-state index in [0.717, 1.165) is 25.3 Å². The van der Waals surface area contributed by atoms with E-state index < -0.39 is 0 Å². The maximum Gasteiger partial charge on any atom is 0.150 e. The van der Waals surface area contributed by atoms with Gasteiger partial charge >= 0.3 is 0 Å². The highest BCUT2D eigenvalue weighted by atomic mass is 15.3. The van der Waals surface area contributed by atoms with Crippen LogP contribution in [0.5, 0.6) is 0 Å². The average molecular weight is 166 g/mol. The van der Waals surface area contributed by atoms with Crippen LogP contribution in [-0.4, -0.2) is 28.9 Å². The first-order valence-corrected chi connectivity index (χ1v) is 4.26. The van der Waals surface area contributed by atoms with Crippen LogP contribution in [0.3, 0.4) is 0 Å². The Bertz CT molecular complexity index is 268. The van der Waals surface area contributed by atoms with Crippen molar-refractivity contribution in [3.8, 4) is 0 Å². The fraction of sp³-hybridized carbons (Fsp3) is 0.625. The molecule has 0 unspecified atom stereocenters. The molecule has 0 bridgehead atoms. The lowest BCUT2D eigenvalue weighted by molar-refractivity contribution is 0.741. The minimum absolute atomic E-state index is 0.326. The Morgan fingerprint density at radius 2 is 2.50 bits per heavy atom. The molecule has 2 N–H and O–H groups in total. The molecular weight excluding hydrogens is 152 g/mol. The average Bonchev–Trinajstić information content (AvgIpc) is 2.58. The Hall–Kier alpha value is -1.03. The molecule has 4 heteroatoms. The van der Waals surface area contributed by atoms with Gasteiger partial charge in [0.2, 0.25) is 0 Å². The molecule has 0 amide bonds. The van der Waals surface area contributed by atoms with E-state index in [9.17, 15) is 0 Å². The van der Waals surface area contributed by atoms with Crippen LogP contribution in [0, 0.1) is 0 Å². The third kappa shape index (κ3) is 1.30. The molecule has 0 aromatic carbocycles. The zero-order chi connectivity index (χ0) is 8.55. The van der Waals surface area contributed by atoms with Gasteiger partial charge in [0.25, 0.3) is 0 Å². The van der Waals surface area contributed by atoms with Crippen molar-refractivity contribution in [3.05, 3.63) is 12.3 Å². The van der Waals surface area contributed by atoms with Crippen LogP contribution < -0.4 is 10.6 Å². The lowest BCUT2D eigenvalue weighted by Crippen LogP contribution is -2.26. The van der Waals surface area contributed by atoms with Gasteiger partial charge in [0, 0.05) is 38.4 Å². The van der Waals surface area contributed by atoms with Crippen LogP contribution in [0.1, 0.15) is 6.42 Å². The molecular formula is C8H14N4. The number of anilines is 1. The molecule has 66 valence electrons. The third-order valence-electron chi connectivity index (χ3n) is 2.25. The molecule has 0 spiro atoms. The fourth-order valence-electron chi connectivity index (χ4n) is 1.57. The highest BCUT2D eigenvalue weighted by molar-refractivity contribution is 5.38. The summed E-state index contributed by atoms with van der Waals surface area (Å²) in [6.07, 6.45) is 3.04. The molecule has 1 aromatic heterocycles. The Morgan fingerprint density at radius 3 is 3.00 bits per heavy atom. The largest absolute Gasteiger partial charge is 0.354 e. The summed E-state index contributed by atoms with van der Waals surface area (Å²) in [5.41, 5.74) is 5.79. The van der Waals surface area contributed by atoms with Gasteiger partial charge in [-0.05, 0) is 6.42 Å². The number of aryl methyl sites for hydroxylation is 1. The molecule has 4 nitrogen and oxygen atoms in total. The molecule has 0 aliphatic carbocycles.